The highest BCUT2D eigenvalue weighted by molar-refractivity contribution is 7.89. The van der Waals surface area contributed by atoms with E-state index in [1.807, 2.05) is 13.8 Å². The summed E-state index contributed by atoms with van der Waals surface area (Å²) < 4.78 is 35.9. The third kappa shape index (κ3) is 5.65. The third-order valence-corrected chi connectivity index (χ3v) is 6.77. The summed E-state index contributed by atoms with van der Waals surface area (Å²) >= 11 is 0. The Morgan fingerprint density at radius 3 is 2.41 bits per heavy atom. The van der Waals surface area contributed by atoms with Crippen molar-refractivity contribution in [1.29, 1.82) is 0 Å². The lowest BCUT2D eigenvalue weighted by Crippen LogP contribution is -2.32. The molecule has 1 heterocycles. The molecule has 0 spiro atoms. The minimum Gasteiger partial charge on any atom is -0.476 e. The van der Waals surface area contributed by atoms with Crippen molar-refractivity contribution >= 4 is 27.6 Å². The summed E-state index contributed by atoms with van der Waals surface area (Å²) in [6.45, 7) is 8.77. The Kier molecular flexibility index (Phi) is 8.02. The lowest BCUT2D eigenvalue weighted by molar-refractivity contribution is -0.119. The topological polar surface area (TPSA) is 140 Å². The molecule has 11 heteroatoms. The predicted molar refractivity (Wildman–Crippen MR) is 120 cm³/mol. The Bertz CT molecular complexity index is 1110. The summed E-state index contributed by atoms with van der Waals surface area (Å²) in [5.41, 5.74) is 0.370. The molecule has 0 fully saturated rings. The quantitative estimate of drug-likeness (QED) is 0.488. The molecule has 1 amide bonds. The summed E-state index contributed by atoms with van der Waals surface area (Å²) in [7, 11) is -2.51. The van der Waals surface area contributed by atoms with E-state index < -0.39 is 16.0 Å². The third-order valence-electron chi connectivity index (χ3n) is 5.16. The van der Waals surface area contributed by atoms with Crippen molar-refractivity contribution in [2.24, 2.45) is 13.0 Å². The number of hydrogen-bond donors (Lipinski definition) is 3. The number of aryl methyl sites for hydroxylation is 1. The minimum absolute atomic E-state index is 0.0228. The first-order chi connectivity index (χ1) is 14.9. The van der Waals surface area contributed by atoms with Crippen LogP contribution in [0.3, 0.4) is 0 Å². The van der Waals surface area contributed by atoms with Gasteiger partial charge in [-0.3, -0.25) is 4.79 Å². The summed E-state index contributed by atoms with van der Waals surface area (Å²) in [6.07, 6.45) is 1.21. The number of sulfonamides is 1. The van der Waals surface area contributed by atoms with E-state index in [0.717, 1.165) is 0 Å². The van der Waals surface area contributed by atoms with Crippen LogP contribution in [0.5, 0.6) is 11.6 Å². The maximum atomic E-state index is 13.1. The van der Waals surface area contributed by atoms with Gasteiger partial charge in [-0.25, -0.2) is 22.6 Å². The Labute approximate surface area is 188 Å². The Morgan fingerprint density at radius 2 is 1.88 bits per heavy atom. The molecule has 1 aromatic heterocycles. The normalized spacial score (nSPS) is 13.4. The number of anilines is 1. The van der Waals surface area contributed by atoms with Gasteiger partial charge >= 0.3 is 5.97 Å². The summed E-state index contributed by atoms with van der Waals surface area (Å²) in [4.78, 5) is 23.5. The van der Waals surface area contributed by atoms with Gasteiger partial charge in [0, 0.05) is 30.3 Å². The highest BCUT2D eigenvalue weighted by atomic mass is 32.2. The van der Waals surface area contributed by atoms with Crippen LogP contribution in [0.4, 0.5) is 5.69 Å². The van der Waals surface area contributed by atoms with Gasteiger partial charge in [-0.1, -0.05) is 20.8 Å². The lowest BCUT2D eigenvalue weighted by atomic mass is 10.1. The van der Waals surface area contributed by atoms with E-state index in [1.54, 1.807) is 13.8 Å². The van der Waals surface area contributed by atoms with Crippen LogP contribution in [0.15, 0.2) is 23.1 Å². The number of carbonyl (C=O) groups is 2. The summed E-state index contributed by atoms with van der Waals surface area (Å²) in [6, 6.07) is 3.94. The number of ether oxygens (including phenoxy) is 1. The fraction of sp³-hybridized carbons (Fsp3) is 0.476. The average Bonchev–Trinajstić information content (AvgIpc) is 3.02. The van der Waals surface area contributed by atoms with E-state index in [2.05, 4.69) is 15.1 Å². The second kappa shape index (κ2) is 10.1. The molecule has 0 aliphatic rings. The minimum atomic E-state index is -4.01. The van der Waals surface area contributed by atoms with Crippen molar-refractivity contribution in [1.82, 2.24) is 14.5 Å². The Morgan fingerprint density at radius 1 is 1.22 bits per heavy atom. The van der Waals surface area contributed by atoms with Gasteiger partial charge in [-0.05, 0) is 44.9 Å². The number of benzene rings is 1. The van der Waals surface area contributed by atoms with E-state index in [-0.39, 0.29) is 45.6 Å². The van der Waals surface area contributed by atoms with E-state index >= 15 is 0 Å². The fourth-order valence-electron chi connectivity index (χ4n) is 2.81. The SMILES string of the molecule is CCC(C)NS(=O)(=O)c1cc(NC(=O)C(C)CC)ccc1Oc1c(C)c(C(=O)O)nn1C. The van der Waals surface area contributed by atoms with Crippen molar-refractivity contribution in [3.05, 3.63) is 29.5 Å². The highest BCUT2D eigenvalue weighted by Crippen LogP contribution is 2.34. The van der Waals surface area contributed by atoms with Gasteiger partial charge in [0.25, 0.3) is 0 Å². The Balaban J connectivity index is 2.55. The van der Waals surface area contributed by atoms with Crippen LogP contribution in [0, 0.1) is 12.8 Å². The van der Waals surface area contributed by atoms with E-state index in [4.69, 9.17) is 4.74 Å². The van der Waals surface area contributed by atoms with Crippen LogP contribution < -0.4 is 14.8 Å². The van der Waals surface area contributed by atoms with E-state index in [1.165, 1.54) is 36.9 Å². The van der Waals surface area contributed by atoms with Crippen molar-refractivity contribution in [3.63, 3.8) is 0 Å². The van der Waals surface area contributed by atoms with Crippen molar-refractivity contribution in [2.45, 2.75) is 58.4 Å². The molecule has 2 aromatic rings. The number of carboxylic acids is 1. The largest absolute Gasteiger partial charge is 0.476 e. The molecule has 176 valence electrons. The maximum Gasteiger partial charge on any atom is 0.356 e. The number of rotatable bonds is 10. The molecule has 0 aliphatic carbocycles. The van der Waals surface area contributed by atoms with Crippen molar-refractivity contribution in [2.75, 3.05) is 5.32 Å². The number of aromatic carboxylic acids is 1. The molecule has 2 rings (SSSR count). The molecule has 10 nitrogen and oxygen atoms in total. The molecule has 0 radical (unpaired) electrons. The zero-order valence-electron chi connectivity index (χ0n) is 19.1. The summed E-state index contributed by atoms with van der Waals surface area (Å²) in [5.74, 6) is -1.62. The van der Waals surface area contributed by atoms with Crippen LogP contribution in [-0.4, -0.2) is 41.2 Å². The number of nitrogens with one attached hydrogen (secondary N) is 2. The van der Waals surface area contributed by atoms with Gasteiger partial charge in [0.15, 0.2) is 5.69 Å². The second-order valence-electron chi connectivity index (χ2n) is 7.70. The average molecular weight is 467 g/mol. The molecule has 32 heavy (non-hydrogen) atoms. The van der Waals surface area contributed by atoms with E-state index in [0.29, 0.717) is 18.5 Å². The van der Waals surface area contributed by atoms with Crippen LogP contribution in [0.1, 0.15) is 56.6 Å². The van der Waals surface area contributed by atoms with Crippen LogP contribution >= 0.6 is 0 Å². The maximum absolute atomic E-state index is 13.1. The number of aromatic nitrogens is 2. The van der Waals surface area contributed by atoms with Gasteiger partial charge in [0.1, 0.15) is 10.6 Å². The molecular weight excluding hydrogens is 436 g/mol. The first kappa shape index (κ1) is 25.3. The molecule has 0 saturated carbocycles. The summed E-state index contributed by atoms with van der Waals surface area (Å²) in [5, 5.41) is 15.9. The molecule has 2 unspecified atom stereocenters. The second-order valence-corrected chi connectivity index (χ2v) is 9.38. The van der Waals surface area contributed by atoms with Crippen LogP contribution in [0.25, 0.3) is 0 Å². The molecule has 2 atom stereocenters. The van der Waals surface area contributed by atoms with Crippen molar-refractivity contribution < 1.29 is 27.9 Å². The number of carboxylic acid groups (broad SMARTS) is 1. The zero-order valence-corrected chi connectivity index (χ0v) is 19.9. The molecule has 0 saturated heterocycles. The highest BCUT2D eigenvalue weighted by Gasteiger charge is 2.26. The molecular formula is C21H30N4O6S. The lowest BCUT2D eigenvalue weighted by Gasteiger charge is -2.17. The van der Waals surface area contributed by atoms with E-state index in [9.17, 15) is 23.1 Å². The smallest absolute Gasteiger partial charge is 0.356 e. The Hall–Kier alpha value is -2.92. The first-order valence-corrected chi connectivity index (χ1v) is 11.8. The van der Waals surface area contributed by atoms with Gasteiger partial charge < -0.3 is 15.2 Å². The van der Waals surface area contributed by atoms with Gasteiger partial charge in [-0.2, -0.15) is 5.10 Å². The zero-order chi connectivity index (χ0) is 24.2. The molecule has 0 bridgehead atoms. The molecule has 1 aromatic carbocycles. The number of nitrogens with zero attached hydrogens (tertiary/aromatic N) is 2. The van der Waals surface area contributed by atoms with Gasteiger partial charge in [0.05, 0.1) is 0 Å². The van der Waals surface area contributed by atoms with Crippen LogP contribution in [-0.2, 0) is 21.9 Å². The van der Waals surface area contributed by atoms with Gasteiger partial charge in [-0.15, -0.1) is 0 Å². The molecule has 3 N–H and O–H groups in total. The van der Waals surface area contributed by atoms with Crippen LogP contribution in [0.2, 0.25) is 0 Å². The predicted octanol–water partition coefficient (Wildman–Crippen LogP) is 3.28. The standard InChI is InChI=1S/C21H30N4O6S/c1-7-12(3)19(26)22-15-9-10-16(17(11-15)32(29,30)24-13(4)8-2)31-20-14(5)18(21(27)28)23-25(20)6/h9-13,24H,7-8H2,1-6H3,(H,22,26)(H,27,28). The van der Waals surface area contributed by atoms with Crippen molar-refractivity contribution in [3.8, 4) is 11.6 Å². The van der Waals surface area contributed by atoms with Gasteiger partial charge in [0.2, 0.25) is 21.8 Å². The number of amides is 1. The number of carbonyl (C=O) groups excluding carboxylic acids is 1. The number of hydrogen-bond acceptors (Lipinski definition) is 6. The molecule has 0 aliphatic heterocycles. The first-order valence-electron chi connectivity index (χ1n) is 10.3. The fourth-order valence-corrected chi connectivity index (χ4v) is 4.29. The monoisotopic (exact) mass is 466 g/mol.